The summed E-state index contributed by atoms with van der Waals surface area (Å²) in [6.07, 6.45) is -0.0179. The van der Waals surface area contributed by atoms with Crippen molar-refractivity contribution in [2.24, 2.45) is 0 Å². The first-order chi connectivity index (χ1) is 10.4. The molecule has 9 heteroatoms. The molecule has 1 aromatic carbocycles. The fraction of sp³-hybridized carbons (Fsp3) is 0.231. The number of anilines is 2. The Morgan fingerprint density at radius 3 is 2.73 bits per heavy atom. The smallest absolute Gasteiger partial charge is 0.249 e. The third kappa shape index (κ3) is 2.90. The molecule has 0 spiro atoms. The van der Waals surface area contributed by atoms with Gasteiger partial charge in [-0.2, -0.15) is 10.1 Å². The van der Waals surface area contributed by atoms with E-state index in [0.29, 0.717) is 21.6 Å². The van der Waals surface area contributed by atoms with Gasteiger partial charge in [-0.05, 0) is 25.1 Å². The lowest BCUT2D eigenvalue weighted by molar-refractivity contribution is -0.125. The minimum absolute atomic E-state index is 0.0179. The van der Waals surface area contributed by atoms with Crippen LogP contribution in [0.1, 0.15) is 18.3 Å². The van der Waals surface area contributed by atoms with Crippen LogP contribution in [0, 0.1) is 6.92 Å². The first-order valence-electron chi connectivity index (χ1n) is 6.42. The summed E-state index contributed by atoms with van der Waals surface area (Å²) in [5.41, 5.74) is 0.451. The van der Waals surface area contributed by atoms with Crippen LogP contribution in [0.4, 0.5) is 11.6 Å². The van der Waals surface area contributed by atoms with Crippen molar-refractivity contribution in [3.8, 4) is 0 Å². The fourth-order valence-corrected chi connectivity index (χ4v) is 2.75. The molecule has 7 nitrogen and oxygen atoms in total. The van der Waals surface area contributed by atoms with Crippen LogP contribution in [0.15, 0.2) is 18.2 Å². The molecule has 3 rings (SSSR count). The first kappa shape index (κ1) is 14.8. The minimum atomic E-state index is -0.775. The van der Waals surface area contributed by atoms with E-state index >= 15 is 0 Å². The van der Waals surface area contributed by atoms with Gasteiger partial charge in [0.05, 0.1) is 6.42 Å². The third-order valence-electron chi connectivity index (χ3n) is 3.10. The second-order valence-electron chi connectivity index (χ2n) is 4.84. The highest BCUT2D eigenvalue weighted by molar-refractivity contribution is 6.35. The molecule has 0 saturated heterocycles. The predicted octanol–water partition coefficient (Wildman–Crippen LogP) is 2.42. The van der Waals surface area contributed by atoms with Crippen molar-refractivity contribution in [1.29, 1.82) is 0 Å². The Bertz CT molecular complexity index is 754. The zero-order chi connectivity index (χ0) is 15.9. The van der Waals surface area contributed by atoms with E-state index in [4.69, 9.17) is 23.2 Å². The molecule has 2 heterocycles. The molecule has 22 heavy (non-hydrogen) atoms. The Labute approximate surface area is 135 Å². The standard InChI is InChI=1S/C13H11Cl2N5O2/c1-6-16-13-18-11(21)5-10(20(13)19-6)12(22)17-9-3-7(14)2-8(15)4-9/h2-4,10H,5H2,1H3,(H,17,22)(H,16,18,19,21). The van der Waals surface area contributed by atoms with Crippen LogP contribution >= 0.6 is 23.2 Å². The molecule has 0 bridgehead atoms. The van der Waals surface area contributed by atoms with Gasteiger partial charge in [-0.1, -0.05) is 23.2 Å². The average Bonchev–Trinajstić information content (AvgIpc) is 2.76. The average molecular weight is 340 g/mol. The molecule has 2 N–H and O–H groups in total. The van der Waals surface area contributed by atoms with Gasteiger partial charge in [0.15, 0.2) is 0 Å². The summed E-state index contributed by atoms with van der Waals surface area (Å²) < 4.78 is 1.40. The quantitative estimate of drug-likeness (QED) is 0.879. The van der Waals surface area contributed by atoms with Crippen LogP contribution in [0.25, 0.3) is 0 Å². The maximum Gasteiger partial charge on any atom is 0.249 e. The molecular weight excluding hydrogens is 329 g/mol. The molecular formula is C13H11Cl2N5O2. The highest BCUT2D eigenvalue weighted by atomic mass is 35.5. The van der Waals surface area contributed by atoms with Gasteiger partial charge in [-0.15, -0.1) is 0 Å². The predicted molar refractivity (Wildman–Crippen MR) is 82.1 cm³/mol. The van der Waals surface area contributed by atoms with Gasteiger partial charge in [-0.25, -0.2) is 4.68 Å². The lowest BCUT2D eigenvalue weighted by Crippen LogP contribution is -2.36. The molecule has 0 saturated carbocycles. The first-order valence-corrected chi connectivity index (χ1v) is 7.18. The molecule has 1 aromatic heterocycles. The number of carbonyl (C=O) groups excluding carboxylic acids is 2. The number of nitrogens with one attached hydrogen (secondary N) is 2. The van der Waals surface area contributed by atoms with Gasteiger partial charge in [0.25, 0.3) is 0 Å². The number of aromatic nitrogens is 3. The summed E-state index contributed by atoms with van der Waals surface area (Å²) >= 11 is 11.8. The van der Waals surface area contributed by atoms with Crippen LogP contribution in [0.3, 0.4) is 0 Å². The molecule has 1 unspecified atom stereocenters. The number of amides is 2. The van der Waals surface area contributed by atoms with Crippen molar-refractivity contribution in [2.45, 2.75) is 19.4 Å². The largest absolute Gasteiger partial charge is 0.324 e. The minimum Gasteiger partial charge on any atom is -0.324 e. The monoisotopic (exact) mass is 339 g/mol. The third-order valence-corrected chi connectivity index (χ3v) is 3.53. The summed E-state index contributed by atoms with van der Waals surface area (Å²) in [7, 11) is 0. The maximum atomic E-state index is 12.4. The lowest BCUT2D eigenvalue weighted by atomic mass is 10.1. The number of benzene rings is 1. The Morgan fingerprint density at radius 1 is 1.36 bits per heavy atom. The maximum absolute atomic E-state index is 12.4. The molecule has 1 aliphatic rings. The highest BCUT2D eigenvalue weighted by Gasteiger charge is 2.32. The number of carbonyl (C=O) groups is 2. The van der Waals surface area contributed by atoms with Gasteiger partial charge in [0.1, 0.15) is 11.9 Å². The van der Waals surface area contributed by atoms with E-state index < -0.39 is 6.04 Å². The fourth-order valence-electron chi connectivity index (χ4n) is 2.23. The summed E-state index contributed by atoms with van der Waals surface area (Å²) in [6, 6.07) is 3.93. The van der Waals surface area contributed by atoms with E-state index in [-0.39, 0.29) is 24.2 Å². The van der Waals surface area contributed by atoms with Crippen LogP contribution in [-0.2, 0) is 9.59 Å². The van der Waals surface area contributed by atoms with E-state index in [0.717, 1.165) is 0 Å². The van der Waals surface area contributed by atoms with Crippen molar-refractivity contribution < 1.29 is 9.59 Å². The van der Waals surface area contributed by atoms with Crippen LogP contribution in [0.5, 0.6) is 0 Å². The molecule has 0 fully saturated rings. The van der Waals surface area contributed by atoms with Crippen LogP contribution in [0.2, 0.25) is 10.0 Å². The number of nitrogens with zero attached hydrogens (tertiary/aromatic N) is 3. The summed E-state index contributed by atoms with van der Waals surface area (Å²) in [4.78, 5) is 28.2. The molecule has 1 aliphatic heterocycles. The van der Waals surface area contributed by atoms with E-state index in [1.54, 1.807) is 25.1 Å². The summed E-state index contributed by atoms with van der Waals surface area (Å²) in [6.45, 7) is 1.68. The number of hydrogen-bond acceptors (Lipinski definition) is 4. The van der Waals surface area contributed by atoms with Crippen molar-refractivity contribution in [2.75, 3.05) is 10.6 Å². The summed E-state index contributed by atoms with van der Waals surface area (Å²) in [5, 5.41) is 10.2. The number of hydrogen-bond donors (Lipinski definition) is 2. The van der Waals surface area contributed by atoms with Crippen LogP contribution in [-0.4, -0.2) is 26.6 Å². The molecule has 1 atom stereocenters. The van der Waals surface area contributed by atoms with Gasteiger partial charge < -0.3 is 5.32 Å². The van der Waals surface area contributed by atoms with Crippen LogP contribution < -0.4 is 10.6 Å². The number of fused-ring (bicyclic) bond motifs is 1. The lowest BCUT2D eigenvalue weighted by Gasteiger charge is -2.22. The van der Waals surface area contributed by atoms with Gasteiger partial charge in [0, 0.05) is 15.7 Å². The molecule has 114 valence electrons. The van der Waals surface area contributed by atoms with Crippen molar-refractivity contribution in [1.82, 2.24) is 14.8 Å². The Hall–Kier alpha value is -2.12. The van der Waals surface area contributed by atoms with Crippen molar-refractivity contribution in [3.63, 3.8) is 0 Å². The second-order valence-corrected chi connectivity index (χ2v) is 5.72. The van der Waals surface area contributed by atoms with E-state index in [1.807, 2.05) is 0 Å². The highest BCUT2D eigenvalue weighted by Crippen LogP contribution is 2.26. The SMILES string of the molecule is Cc1nc2n(n1)C(C(=O)Nc1cc(Cl)cc(Cl)c1)CC(=O)N2. The zero-order valence-electron chi connectivity index (χ0n) is 11.4. The number of rotatable bonds is 2. The molecule has 0 radical (unpaired) electrons. The Kier molecular flexibility index (Phi) is 3.76. The Morgan fingerprint density at radius 2 is 2.05 bits per heavy atom. The Balaban J connectivity index is 1.87. The van der Waals surface area contributed by atoms with E-state index in [2.05, 4.69) is 20.7 Å². The van der Waals surface area contributed by atoms with Gasteiger partial charge in [-0.3, -0.25) is 14.9 Å². The van der Waals surface area contributed by atoms with E-state index in [1.165, 1.54) is 4.68 Å². The topological polar surface area (TPSA) is 88.9 Å². The number of halogens is 2. The summed E-state index contributed by atoms with van der Waals surface area (Å²) in [5.74, 6) is 0.0577. The van der Waals surface area contributed by atoms with Crippen molar-refractivity contribution in [3.05, 3.63) is 34.1 Å². The molecule has 2 amide bonds. The number of aryl methyl sites for hydroxylation is 1. The van der Waals surface area contributed by atoms with Gasteiger partial charge >= 0.3 is 0 Å². The van der Waals surface area contributed by atoms with Crippen molar-refractivity contribution >= 4 is 46.7 Å². The molecule has 2 aromatic rings. The molecule has 0 aliphatic carbocycles. The van der Waals surface area contributed by atoms with Gasteiger partial charge in [0.2, 0.25) is 17.8 Å². The second kappa shape index (κ2) is 5.58. The zero-order valence-corrected chi connectivity index (χ0v) is 12.9. The normalized spacial score (nSPS) is 16.9. The van der Waals surface area contributed by atoms with E-state index in [9.17, 15) is 9.59 Å².